The minimum atomic E-state index is -3.89. The highest BCUT2D eigenvalue weighted by molar-refractivity contribution is 7.92. The van der Waals surface area contributed by atoms with Gasteiger partial charge in [-0.1, -0.05) is 17.7 Å². The molecule has 0 fully saturated rings. The second-order valence-electron chi connectivity index (χ2n) is 4.55. The molecule has 0 aliphatic carbocycles. The van der Waals surface area contributed by atoms with Crippen LogP contribution in [0, 0.1) is 0 Å². The number of sulfonamides is 1. The van der Waals surface area contributed by atoms with Crippen molar-refractivity contribution in [2.45, 2.75) is 4.90 Å². The molecule has 2 aromatic rings. The highest BCUT2D eigenvalue weighted by Crippen LogP contribution is 2.35. The molecule has 116 valence electrons. The third-order valence-electron chi connectivity index (χ3n) is 3.06. The van der Waals surface area contributed by atoms with Gasteiger partial charge in [0.05, 0.1) is 15.6 Å². The lowest BCUT2D eigenvalue weighted by molar-refractivity contribution is 0.171. The molecule has 22 heavy (non-hydrogen) atoms. The Morgan fingerprint density at radius 3 is 2.59 bits per heavy atom. The zero-order valence-electron chi connectivity index (χ0n) is 11.2. The predicted molar refractivity (Wildman–Crippen MR) is 81.4 cm³/mol. The van der Waals surface area contributed by atoms with Crippen LogP contribution in [0.25, 0.3) is 0 Å². The van der Waals surface area contributed by atoms with Gasteiger partial charge in [0.1, 0.15) is 13.2 Å². The molecular weight excluding hydrogens is 330 g/mol. The van der Waals surface area contributed by atoms with Crippen molar-refractivity contribution in [2.24, 2.45) is 0 Å². The van der Waals surface area contributed by atoms with Crippen LogP contribution in [0.3, 0.4) is 0 Å². The summed E-state index contributed by atoms with van der Waals surface area (Å²) in [6.07, 6.45) is 0. The number of phenolic OH excluding ortho intramolecular Hbond substituents is 1. The van der Waals surface area contributed by atoms with Crippen molar-refractivity contribution in [3.63, 3.8) is 0 Å². The summed E-state index contributed by atoms with van der Waals surface area (Å²) in [7, 11) is -3.89. The Morgan fingerprint density at radius 2 is 1.82 bits per heavy atom. The molecule has 0 atom stereocenters. The Kier molecular flexibility index (Phi) is 3.76. The van der Waals surface area contributed by atoms with Gasteiger partial charge in [0.2, 0.25) is 0 Å². The number of halogens is 1. The van der Waals surface area contributed by atoms with Gasteiger partial charge in [-0.3, -0.25) is 4.72 Å². The summed E-state index contributed by atoms with van der Waals surface area (Å²) in [5.74, 6) is 0.533. The van der Waals surface area contributed by atoms with Gasteiger partial charge in [0, 0.05) is 6.07 Å². The van der Waals surface area contributed by atoms with Gasteiger partial charge in [-0.25, -0.2) is 8.42 Å². The second kappa shape index (κ2) is 5.58. The quantitative estimate of drug-likeness (QED) is 0.838. The minimum Gasteiger partial charge on any atom is -0.504 e. The van der Waals surface area contributed by atoms with Crippen LogP contribution in [0.15, 0.2) is 41.3 Å². The topological polar surface area (TPSA) is 84.9 Å². The maximum absolute atomic E-state index is 12.4. The number of ether oxygens (including phenoxy) is 2. The van der Waals surface area contributed by atoms with Gasteiger partial charge in [-0.15, -0.1) is 0 Å². The van der Waals surface area contributed by atoms with E-state index in [9.17, 15) is 13.5 Å². The molecule has 2 N–H and O–H groups in total. The first-order chi connectivity index (χ1) is 10.5. The zero-order chi connectivity index (χ0) is 15.7. The van der Waals surface area contributed by atoms with Crippen LogP contribution in [0.5, 0.6) is 17.2 Å². The van der Waals surface area contributed by atoms with Gasteiger partial charge < -0.3 is 14.6 Å². The van der Waals surface area contributed by atoms with E-state index in [1.165, 1.54) is 36.4 Å². The fourth-order valence-corrected chi connectivity index (χ4v) is 3.25. The van der Waals surface area contributed by atoms with E-state index in [-0.39, 0.29) is 21.4 Å². The molecule has 1 aliphatic rings. The minimum absolute atomic E-state index is 0.00221. The van der Waals surface area contributed by atoms with E-state index in [4.69, 9.17) is 21.1 Å². The van der Waals surface area contributed by atoms with E-state index in [0.29, 0.717) is 24.7 Å². The van der Waals surface area contributed by atoms with Crippen molar-refractivity contribution in [3.8, 4) is 17.2 Å². The van der Waals surface area contributed by atoms with Crippen molar-refractivity contribution >= 4 is 27.3 Å². The van der Waals surface area contributed by atoms with Gasteiger partial charge in [-0.05, 0) is 24.3 Å². The van der Waals surface area contributed by atoms with Crippen LogP contribution < -0.4 is 14.2 Å². The Labute approximate surface area is 132 Å². The van der Waals surface area contributed by atoms with Gasteiger partial charge in [0.15, 0.2) is 17.2 Å². The summed E-state index contributed by atoms with van der Waals surface area (Å²) in [5.41, 5.74) is 0.00221. The van der Waals surface area contributed by atoms with Crippen molar-refractivity contribution in [3.05, 3.63) is 41.4 Å². The predicted octanol–water partition coefficient (Wildman–Crippen LogP) is 2.62. The number of fused-ring (bicyclic) bond motifs is 1. The van der Waals surface area contributed by atoms with Crippen LogP contribution in [0.4, 0.5) is 5.69 Å². The SMILES string of the molecule is O=S(=O)(Nc1cccc(Cl)c1O)c1ccc2c(c1)OCCO2. The van der Waals surface area contributed by atoms with E-state index >= 15 is 0 Å². The summed E-state index contributed by atoms with van der Waals surface area (Å²) in [4.78, 5) is -0.00359. The third-order valence-corrected chi connectivity index (χ3v) is 4.72. The van der Waals surface area contributed by atoms with Crippen LogP contribution in [0.2, 0.25) is 5.02 Å². The highest BCUT2D eigenvalue weighted by atomic mass is 35.5. The number of rotatable bonds is 3. The molecule has 0 spiro atoms. The van der Waals surface area contributed by atoms with E-state index in [1.807, 2.05) is 0 Å². The van der Waals surface area contributed by atoms with Crippen LogP contribution >= 0.6 is 11.6 Å². The number of hydrogen-bond donors (Lipinski definition) is 2. The van der Waals surface area contributed by atoms with Crippen molar-refractivity contribution < 1.29 is 23.0 Å². The molecule has 0 amide bonds. The van der Waals surface area contributed by atoms with Crippen molar-refractivity contribution in [1.29, 1.82) is 0 Å². The number of hydrogen-bond acceptors (Lipinski definition) is 5. The van der Waals surface area contributed by atoms with Crippen molar-refractivity contribution in [2.75, 3.05) is 17.9 Å². The monoisotopic (exact) mass is 341 g/mol. The number of phenols is 1. The zero-order valence-corrected chi connectivity index (χ0v) is 12.8. The summed E-state index contributed by atoms with van der Waals surface area (Å²) in [5, 5.41) is 9.85. The molecule has 0 aromatic heterocycles. The molecule has 0 saturated carbocycles. The molecule has 1 aliphatic heterocycles. The van der Waals surface area contributed by atoms with E-state index in [2.05, 4.69) is 4.72 Å². The third kappa shape index (κ3) is 2.77. The summed E-state index contributed by atoms with van der Waals surface area (Å²) < 4.78 is 37.8. The Balaban J connectivity index is 1.94. The maximum Gasteiger partial charge on any atom is 0.262 e. The molecule has 6 nitrogen and oxygen atoms in total. The summed E-state index contributed by atoms with van der Waals surface area (Å²) in [6, 6.07) is 8.70. The average molecular weight is 342 g/mol. The van der Waals surface area contributed by atoms with Gasteiger partial charge >= 0.3 is 0 Å². The standard InChI is InChI=1S/C14H12ClNO5S/c15-10-2-1-3-11(14(10)17)16-22(18,19)9-4-5-12-13(8-9)21-7-6-20-12/h1-5,8,16-17H,6-7H2. The van der Waals surface area contributed by atoms with E-state index in [0.717, 1.165) is 0 Å². The van der Waals surface area contributed by atoms with Gasteiger partial charge in [0.25, 0.3) is 10.0 Å². The number of benzene rings is 2. The first kappa shape index (κ1) is 14.8. The first-order valence-electron chi connectivity index (χ1n) is 6.37. The van der Waals surface area contributed by atoms with Crippen LogP contribution in [0.1, 0.15) is 0 Å². The Bertz CT molecular complexity index is 822. The number of para-hydroxylation sites is 1. The average Bonchev–Trinajstić information content (AvgIpc) is 2.51. The van der Waals surface area contributed by atoms with Crippen LogP contribution in [-0.2, 0) is 10.0 Å². The Morgan fingerprint density at radius 1 is 1.09 bits per heavy atom. The summed E-state index contributed by atoms with van der Waals surface area (Å²) in [6.45, 7) is 0.784. The van der Waals surface area contributed by atoms with E-state index < -0.39 is 10.0 Å². The highest BCUT2D eigenvalue weighted by Gasteiger charge is 2.20. The molecule has 1 heterocycles. The normalized spacial score (nSPS) is 13.7. The van der Waals surface area contributed by atoms with Crippen LogP contribution in [-0.4, -0.2) is 26.7 Å². The molecular formula is C14H12ClNO5S. The molecule has 0 unspecified atom stereocenters. The molecule has 3 rings (SSSR count). The van der Waals surface area contributed by atoms with Crippen molar-refractivity contribution in [1.82, 2.24) is 0 Å². The van der Waals surface area contributed by atoms with Gasteiger partial charge in [-0.2, -0.15) is 0 Å². The van der Waals surface area contributed by atoms with E-state index in [1.54, 1.807) is 0 Å². The number of aromatic hydroxyl groups is 1. The summed E-state index contributed by atoms with van der Waals surface area (Å²) >= 11 is 5.76. The molecule has 8 heteroatoms. The lowest BCUT2D eigenvalue weighted by Crippen LogP contribution is -2.17. The molecule has 0 bridgehead atoms. The second-order valence-corrected chi connectivity index (χ2v) is 6.64. The Hall–Kier alpha value is -2.12. The lowest BCUT2D eigenvalue weighted by Gasteiger charge is -2.19. The smallest absolute Gasteiger partial charge is 0.262 e. The fourth-order valence-electron chi connectivity index (χ4n) is 1.99. The lowest BCUT2D eigenvalue weighted by atomic mass is 10.3. The molecule has 0 saturated heterocycles. The molecule has 0 radical (unpaired) electrons. The number of nitrogens with one attached hydrogen (secondary N) is 1. The fraction of sp³-hybridized carbons (Fsp3) is 0.143. The number of anilines is 1. The largest absolute Gasteiger partial charge is 0.504 e. The molecule has 2 aromatic carbocycles. The maximum atomic E-state index is 12.4. The first-order valence-corrected chi connectivity index (χ1v) is 8.23.